The summed E-state index contributed by atoms with van der Waals surface area (Å²) in [6.07, 6.45) is 4.82. The van der Waals surface area contributed by atoms with Crippen molar-refractivity contribution in [3.05, 3.63) is 65.4 Å². The Labute approximate surface area is 190 Å². The van der Waals surface area contributed by atoms with Gasteiger partial charge in [0, 0.05) is 37.7 Å². The zero-order chi connectivity index (χ0) is 22.9. The van der Waals surface area contributed by atoms with Crippen LogP contribution in [0.4, 0.5) is 5.69 Å². The molecule has 0 N–H and O–H groups in total. The maximum atomic E-state index is 12.8. The van der Waals surface area contributed by atoms with Crippen LogP contribution in [0.1, 0.15) is 35.2 Å². The van der Waals surface area contributed by atoms with E-state index in [0.29, 0.717) is 5.56 Å². The van der Waals surface area contributed by atoms with E-state index in [1.54, 1.807) is 20.3 Å². The van der Waals surface area contributed by atoms with Crippen LogP contribution in [0.25, 0.3) is 0 Å². The van der Waals surface area contributed by atoms with E-state index in [1.165, 1.54) is 5.56 Å². The van der Waals surface area contributed by atoms with E-state index in [4.69, 9.17) is 14.2 Å². The fourth-order valence-corrected chi connectivity index (χ4v) is 5.03. The molecule has 1 fully saturated rings. The second kappa shape index (κ2) is 8.87. The molecule has 2 aliphatic rings. The molecule has 0 aromatic heterocycles. The zero-order valence-electron chi connectivity index (χ0n) is 19.6. The molecule has 2 aromatic rings. The number of likely N-dealkylation sites (N-methyl/N-ethyl adjacent to an activating group) is 1. The normalized spacial score (nSPS) is 22.7. The molecule has 32 heavy (non-hydrogen) atoms. The summed E-state index contributed by atoms with van der Waals surface area (Å²) in [7, 11) is 9.37. The molecule has 1 heterocycles. The van der Waals surface area contributed by atoms with E-state index in [0.717, 1.165) is 48.8 Å². The minimum absolute atomic E-state index is 0.0327. The highest BCUT2D eigenvalue weighted by atomic mass is 16.5. The molecule has 1 saturated heterocycles. The van der Waals surface area contributed by atoms with Crippen LogP contribution in [-0.2, 0) is 10.2 Å². The van der Waals surface area contributed by atoms with Crippen LogP contribution in [0.3, 0.4) is 0 Å². The number of anilines is 1. The molecule has 0 amide bonds. The summed E-state index contributed by atoms with van der Waals surface area (Å²) in [5, 5.41) is 0. The number of likely N-dealkylation sites (tertiary alicyclic amines) is 1. The number of hydrogen-bond acceptors (Lipinski definition) is 6. The van der Waals surface area contributed by atoms with E-state index < -0.39 is 0 Å². The Balaban J connectivity index is 1.60. The summed E-state index contributed by atoms with van der Waals surface area (Å²) in [6.45, 7) is 0.988. The molecule has 4 rings (SSSR count). The third-order valence-electron chi connectivity index (χ3n) is 6.89. The summed E-state index contributed by atoms with van der Waals surface area (Å²) in [4.78, 5) is 17.2. The molecule has 2 aromatic carbocycles. The van der Waals surface area contributed by atoms with Gasteiger partial charge in [0.05, 0.1) is 19.8 Å². The number of nitrogens with zero attached hydrogens (tertiary/aromatic N) is 2. The Kier molecular flexibility index (Phi) is 6.15. The van der Waals surface area contributed by atoms with Crippen LogP contribution < -0.4 is 14.4 Å². The molecule has 0 saturated carbocycles. The molecule has 0 radical (unpaired) electrons. The Morgan fingerprint density at radius 3 is 2.56 bits per heavy atom. The third kappa shape index (κ3) is 3.95. The van der Waals surface area contributed by atoms with Crippen molar-refractivity contribution in [1.82, 2.24) is 4.90 Å². The van der Waals surface area contributed by atoms with E-state index in [1.807, 2.05) is 43.3 Å². The molecule has 1 aliphatic carbocycles. The first-order chi connectivity index (χ1) is 15.4. The molecule has 2 atom stereocenters. The fourth-order valence-electron chi connectivity index (χ4n) is 5.03. The number of fused-ring (bicyclic) bond motifs is 1. The number of hydrogen-bond donors (Lipinski definition) is 0. The van der Waals surface area contributed by atoms with Gasteiger partial charge in [-0.3, -0.25) is 4.90 Å². The summed E-state index contributed by atoms with van der Waals surface area (Å²) < 4.78 is 16.9. The predicted octanol–water partition coefficient (Wildman–Crippen LogP) is 4.25. The summed E-state index contributed by atoms with van der Waals surface area (Å²) in [5.41, 5.74) is 2.74. The molecule has 0 bridgehead atoms. The lowest BCUT2D eigenvalue weighted by molar-refractivity contribution is 0.0593. The van der Waals surface area contributed by atoms with Gasteiger partial charge in [-0.1, -0.05) is 12.1 Å². The van der Waals surface area contributed by atoms with Crippen LogP contribution in [0, 0.1) is 0 Å². The Bertz CT molecular complexity index is 1030. The molecular weight excluding hydrogens is 404 g/mol. The Morgan fingerprint density at radius 1 is 1.06 bits per heavy atom. The topological polar surface area (TPSA) is 51.2 Å². The summed E-state index contributed by atoms with van der Waals surface area (Å²) in [6, 6.07) is 13.9. The number of carbonyl (C=O) groups excluding carboxylic acids is 1. The second-order valence-electron chi connectivity index (χ2n) is 8.87. The van der Waals surface area contributed by atoms with Crippen molar-refractivity contribution in [2.24, 2.45) is 0 Å². The number of carbonyl (C=O) groups is 1. The standard InChI is InChI=1S/C26H32N2O4/c1-27(2)20-8-6-7-18(15-20)25(29)32-21-11-12-26(13-14-28(3)24(26)17-21)19-9-10-22(30-4)23(16-19)31-5/h6-10,15-17,24H,11-14H2,1-5H3. The molecular formula is C26H32N2O4. The van der Waals surface area contributed by atoms with E-state index in [9.17, 15) is 4.79 Å². The van der Waals surface area contributed by atoms with Crippen molar-refractivity contribution in [2.75, 3.05) is 46.8 Å². The third-order valence-corrected chi connectivity index (χ3v) is 6.89. The lowest BCUT2D eigenvalue weighted by Crippen LogP contribution is -2.42. The van der Waals surface area contributed by atoms with Crippen LogP contribution in [0.15, 0.2) is 54.3 Å². The van der Waals surface area contributed by atoms with Crippen LogP contribution in [0.2, 0.25) is 0 Å². The van der Waals surface area contributed by atoms with Gasteiger partial charge in [0.1, 0.15) is 5.76 Å². The highest BCUT2D eigenvalue weighted by molar-refractivity contribution is 5.91. The molecule has 2 unspecified atom stereocenters. The van der Waals surface area contributed by atoms with Crippen molar-refractivity contribution < 1.29 is 19.0 Å². The largest absolute Gasteiger partial charge is 0.493 e. The maximum Gasteiger partial charge on any atom is 0.343 e. The molecule has 6 heteroatoms. The van der Waals surface area contributed by atoms with Gasteiger partial charge in [-0.05, 0) is 68.4 Å². The molecule has 170 valence electrons. The number of ether oxygens (including phenoxy) is 3. The van der Waals surface area contributed by atoms with Crippen molar-refractivity contribution in [2.45, 2.75) is 30.7 Å². The van der Waals surface area contributed by atoms with Gasteiger partial charge in [-0.25, -0.2) is 4.79 Å². The summed E-state index contributed by atoms with van der Waals surface area (Å²) in [5.74, 6) is 1.92. The lowest BCUT2D eigenvalue weighted by atomic mass is 9.68. The zero-order valence-corrected chi connectivity index (χ0v) is 19.6. The van der Waals surface area contributed by atoms with Gasteiger partial charge in [0.15, 0.2) is 11.5 Å². The highest BCUT2D eigenvalue weighted by Crippen LogP contribution is 2.49. The van der Waals surface area contributed by atoms with Crippen LogP contribution in [0.5, 0.6) is 11.5 Å². The second-order valence-corrected chi connectivity index (χ2v) is 8.87. The first-order valence-corrected chi connectivity index (χ1v) is 11.0. The SMILES string of the molecule is COc1ccc(C23CCC(OC(=O)c4cccc(N(C)C)c4)=CC2N(C)CC3)cc1OC. The maximum absolute atomic E-state index is 12.8. The Hall–Kier alpha value is -2.99. The van der Waals surface area contributed by atoms with Gasteiger partial charge in [0.25, 0.3) is 0 Å². The van der Waals surface area contributed by atoms with E-state index in [2.05, 4.69) is 30.2 Å². The minimum atomic E-state index is -0.306. The van der Waals surface area contributed by atoms with Crippen LogP contribution in [-0.4, -0.2) is 58.8 Å². The average Bonchev–Trinajstić information content (AvgIpc) is 3.15. The molecule has 1 aliphatic heterocycles. The van der Waals surface area contributed by atoms with Crippen molar-refractivity contribution in [3.63, 3.8) is 0 Å². The predicted molar refractivity (Wildman–Crippen MR) is 126 cm³/mol. The van der Waals surface area contributed by atoms with Gasteiger partial charge < -0.3 is 19.1 Å². The van der Waals surface area contributed by atoms with E-state index in [-0.39, 0.29) is 17.4 Å². The fraction of sp³-hybridized carbons (Fsp3) is 0.423. The van der Waals surface area contributed by atoms with Crippen molar-refractivity contribution in [3.8, 4) is 11.5 Å². The molecule has 0 spiro atoms. The van der Waals surface area contributed by atoms with Crippen LogP contribution >= 0.6 is 0 Å². The van der Waals surface area contributed by atoms with Gasteiger partial charge >= 0.3 is 5.97 Å². The Morgan fingerprint density at radius 2 is 1.84 bits per heavy atom. The van der Waals surface area contributed by atoms with Crippen molar-refractivity contribution >= 4 is 11.7 Å². The number of allylic oxidation sites excluding steroid dienone is 1. The monoisotopic (exact) mass is 436 g/mol. The first-order valence-electron chi connectivity index (χ1n) is 11.0. The summed E-state index contributed by atoms with van der Waals surface area (Å²) >= 11 is 0. The smallest absolute Gasteiger partial charge is 0.343 e. The van der Waals surface area contributed by atoms with E-state index >= 15 is 0 Å². The number of rotatable bonds is 6. The number of methoxy groups -OCH3 is 2. The number of benzene rings is 2. The highest BCUT2D eigenvalue weighted by Gasteiger charge is 2.48. The van der Waals surface area contributed by atoms with Crippen molar-refractivity contribution in [1.29, 1.82) is 0 Å². The van der Waals surface area contributed by atoms with Gasteiger partial charge in [0.2, 0.25) is 0 Å². The quantitative estimate of drug-likeness (QED) is 0.631. The molecule has 6 nitrogen and oxygen atoms in total. The minimum Gasteiger partial charge on any atom is -0.493 e. The first kappa shape index (κ1) is 22.2. The lowest BCUT2D eigenvalue weighted by Gasteiger charge is -2.40. The van der Waals surface area contributed by atoms with Gasteiger partial charge in [-0.2, -0.15) is 0 Å². The average molecular weight is 437 g/mol. The number of esters is 1. The van der Waals surface area contributed by atoms with Gasteiger partial charge in [-0.15, -0.1) is 0 Å².